The van der Waals surface area contributed by atoms with Gasteiger partial charge in [-0.1, -0.05) is 51.3 Å². The van der Waals surface area contributed by atoms with Crippen LogP contribution < -0.4 is 15.4 Å². The van der Waals surface area contributed by atoms with Crippen molar-refractivity contribution >= 4 is 12.0 Å². The molecule has 3 aliphatic carbocycles. The Bertz CT molecular complexity index is 966. The third-order valence-corrected chi connectivity index (χ3v) is 9.93. The zero-order valence-electron chi connectivity index (χ0n) is 23.2. The molecule has 2 amide bonds. The van der Waals surface area contributed by atoms with Crippen LogP contribution in [0.15, 0.2) is 24.3 Å². The average molecular weight is 531 g/mol. The maximum atomic E-state index is 13.1. The summed E-state index contributed by atoms with van der Waals surface area (Å²) >= 11 is 0. The minimum Gasteiger partial charge on any atom is -0.496 e. The van der Waals surface area contributed by atoms with E-state index >= 15 is 0 Å². The van der Waals surface area contributed by atoms with Crippen molar-refractivity contribution in [1.82, 2.24) is 10.6 Å². The first-order valence-corrected chi connectivity index (χ1v) is 14.4. The number of para-hydroxylation sites is 1. The number of ether oxygens (including phenoxy) is 2. The van der Waals surface area contributed by atoms with Crippen LogP contribution in [0, 0.1) is 22.7 Å². The number of aliphatic hydroxyl groups is 2. The van der Waals surface area contributed by atoms with Crippen LogP contribution in [0.4, 0.5) is 4.79 Å². The summed E-state index contributed by atoms with van der Waals surface area (Å²) in [7, 11) is 1.61. The monoisotopic (exact) mass is 530 g/mol. The van der Waals surface area contributed by atoms with Gasteiger partial charge in [0.25, 0.3) is 0 Å². The Kier molecular flexibility index (Phi) is 9.24. The molecule has 3 saturated carbocycles. The highest BCUT2D eigenvalue weighted by atomic mass is 16.6. The van der Waals surface area contributed by atoms with Gasteiger partial charge in [-0.15, -0.1) is 0 Å². The minimum absolute atomic E-state index is 0.0108. The van der Waals surface area contributed by atoms with Crippen molar-refractivity contribution in [3.63, 3.8) is 0 Å². The molecule has 38 heavy (non-hydrogen) atoms. The highest BCUT2D eigenvalue weighted by molar-refractivity contribution is 5.76. The van der Waals surface area contributed by atoms with Crippen molar-refractivity contribution in [2.24, 2.45) is 22.7 Å². The van der Waals surface area contributed by atoms with Crippen LogP contribution in [0.25, 0.3) is 0 Å². The molecule has 0 aliphatic heterocycles. The minimum atomic E-state index is -0.650. The van der Waals surface area contributed by atoms with Gasteiger partial charge in [0.1, 0.15) is 11.9 Å². The van der Waals surface area contributed by atoms with Crippen molar-refractivity contribution in [3.8, 4) is 5.75 Å². The second-order valence-electron chi connectivity index (χ2n) is 12.2. The Morgan fingerprint density at radius 2 is 1.79 bits per heavy atom. The number of carbonyl (C=O) groups excluding carboxylic acids is 2. The number of rotatable bonds is 8. The van der Waals surface area contributed by atoms with Crippen LogP contribution >= 0.6 is 0 Å². The standard InChI is InChI=1S/C30H46N2O6/c1-29-16-15-26(38-28(36)32-21-10-5-4-6-11-21)30(2,19-33)25(29)14-13-23(34)22(29)17-27(35)31-18-20-9-7-8-12-24(20)37-3/h7-9,12,21-23,25-26,33-34H,4-6,10-11,13-19H2,1-3H3,(H,31,35)(H,32,36). The fraction of sp³-hybridized carbons (Fsp3) is 0.733. The van der Waals surface area contributed by atoms with E-state index in [2.05, 4.69) is 17.6 Å². The first-order valence-electron chi connectivity index (χ1n) is 14.4. The molecule has 8 nitrogen and oxygen atoms in total. The summed E-state index contributed by atoms with van der Waals surface area (Å²) in [6.07, 6.45) is 6.82. The predicted molar refractivity (Wildman–Crippen MR) is 144 cm³/mol. The number of carbonyl (C=O) groups is 2. The Morgan fingerprint density at radius 3 is 2.50 bits per heavy atom. The molecule has 0 bridgehead atoms. The molecule has 3 aliphatic rings. The molecule has 6 atom stereocenters. The van der Waals surface area contributed by atoms with Gasteiger partial charge < -0.3 is 30.3 Å². The highest BCUT2D eigenvalue weighted by Gasteiger charge is 2.60. The third-order valence-electron chi connectivity index (χ3n) is 9.93. The van der Waals surface area contributed by atoms with Crippen molar-refractivity contribution in [1.29, 1.82) is 0 Å². The van der Waals surface area contributed by atoms with Gasteiger partial charge in [0, 0.05) is 30.0 Å². The Balaban J connectivity index is 1.42. The number of benzene rings is 1. The fourth-order valence-corrected chi connectivity index (χ4v) is 7.67. The molecule has 4 rings (SSSR count). The van der Waals surface area contributed by atoms with Gasteiger partial charge in [0.15, 0.2) is 0 Å². The van der Waals surface area contributed by atoms with Crippen molar-refractivity contribution in [2.75, 3.05) is 13.7 Å². The van der Waals surface area contributed by atoms with Crippen LogP contribution in [0.5, 0.6) is 5.75 Å². The second-order valence-corrected chi connectivity index (χ2v) is 12.2. The largest absolute Gasteiger partial charge is 0.496 e. The second kappa shape index (κ2) is 12.2. The van der Waals surface area contributed by atoms with E-state index in [1.54, 1.807) is 7.11 Å². The number of hydrogen-bond donors (Lipinski definition) is 4. The molecule has 8 heteroatoms. The molecule has 0 heterocycles. The molecule has 0 saturated heterocycles. The number of hydrogen-bond acceptors (Lipinski definition) is 6. The molecule has 4 N–H and O–H groups in total. The number of methoxy groups -OCH3 is 1. The Labute approximate surface area is 226 Å². The van der Waals surface area contributed by atoms with E-state index in [0.29, 0.717) is 19.4 Å². The maximum absolute atomic E-state index is 13.1. The van der Waals surface area contributed by atoms with Crippen LogP contribution in [-0.2, 0) is 16.1 Å². The van der Waals surface area contributed by atoms with Crippen molar-refractivity contribution in [3.05, 3.63) is 29.8 Å². The summed E-state index contributed by atoms with van der Waals surface area (Å²) in [5, 5.41) is 27.8. The average Bonchev–Trinajstić information content (AvgIpc) is 2.92. The maximum Gasteiger partial charge on any atom is 0.407 e. The topological polar surface area (TPSA) is 117 Å². The van der Waals surface area contributed by atoms with Crippen molar-refractivity contribution < 1.29 is 29.3 Å². The SMILES string of the molecule is COc1ccccc1CNC(=O)CC1C(O)CCC2C(C)(CO)C(OC(=O)NC3CCCCC3)CCC12C. The van der Waals surface area contributed by atoms with Crippen LogP contribution in [-0.4, -0.2) is 54.2 Å². The zero-order chi connectivity index (χ0) is 27.3. The molecule has 1 aromatic carbocycles. The number of fused-ring (bicyclic) bond motifs is 1. The van der Waals surface area contributed by atoms with Crippen LogP contribution in [0.2, 0.25) is 0 Å². The van der Waals surface area contributed by atoms with Gasteiger partial charge in [-0.2, -0.15) is 0 Å². The quantitative estimate of drug-likeness (QED) is 0.398. The van der Waals surface area contributed by atoms with Gasteiger partial charge in [-0.25, -0.2) is 4.79 Å². The van der Waals surface area contributed by atoms with Crippen LogP contribution in [0.3, 0.4) is 0 Å². The highest BCUT2D eigenvalue weighted by Crippen LogP contribution is 2.61. The number of aliphatic hydroxyl groups excluding tert-OH is 2. The zero-order valence-corrected chi connectivity index (χ0v) is 23.2. The van der Waals surface area contributed by atoms with Gasteiger partial charge >= 0.3 is 6.09 Å². The summed E-state index contributed by atoms with van der Waals surface area (Å²) in [6.45, 7) is 4.39. The van der Waals surface area contributed by atoms with E-state index in [9.17, 15) is 19.8 Å². The lowest BCUT2D eigenvalue weighted by Crippen LogP contribution is -2.61. The summed E-state index contributed by atoms with van der Waals surface area (Å²) in [5.41, 5.74) is -0.117. The van der Waals surface area contributed by atoms with E-state index in [0.717, 1.165) is 49.8 Å². The Morgan fingerprint density at radius 1 is 1.05 bits per heavy atom. The predicted octanol–water partition coefficient (Wildman–Crippen LogP) is 4.31. The number of amides is 2. The van der Waals surface area contributed by atoms with Crippen LogP contribution in [0.1, 0.15) is 83.6 Å². The summed E-state index contributed by atoms with van der Waals surface area (Å²) in [5.74, 6) is 0.373. The molecule has 6 unspecified atom stereocenters. The smallest absolute Gasteiger partial charge is 0.407 e. The Hall–Kier alpha value is -2.32. The molecule has 0 radical (unpaired) electrons. The first-order chi connectivity index (χ1) is 18.2. The molecule has 212 valence electrons. The van der Waals surface area contributed by atoms with Crippen molar-refractivity contribution in [2.45, 2.75) is 103 Å². The normalized spacial score (nSPS) is 33.6. The summed E-state index contributed by atoms with van der Waals surface area (Å²) < 4.78 is 11.4. The lowest BCUT2D eigenvalue weighted by molar-refractivity contribution is -0.186. The molecule has 0 spiro atoms. The number of nitrogens with one attached hydrogen (secondary N) is 2. The van der Waals surface area contributed by atoms with E-state index < -0.39 is 23.7 Å². The van der Waals surface area contributed by atoms with Gasteiger partial charge in [-0.05, 0) is 61.8 Å². The molecular formula is C30H46N2O6. The first kappa shape index (κ1) is 28.7. The van der Waals surface area contributed by atoms with E-state index in [-0.39, 0.29) is 42.2 Å². The molecular weight excluding hydrogens is 484 g/mol. The molecule has 3 fully saturated rings. The van der Waals surface area contributed by atoms with E-state index in [1.165, 1.54) is 6.42 Å². The lowest BCUT2D eigenvalue weighted by atomic mass is 9.46. The van der Waals surface area contributed by atoms with Gasteiger partial charge in [0.05, 0.1) is 19.8 Å². The summed E-state index contributed by atoms with van der Waals surface area (Å²) in [4.78, 5) is 25.9. The fourth-order valence-electron chi connectivity index (χ4n) is 7.67. The van der Waals surface area contributed by atoms with E-state index in [4.69, 9.17) is 9.47 Å². The third kappa shape index (κ3) is 5.96. The molecule has 1 aromatic rings. The molecule has 0 aromatic heterocycles. The van der Waals surface area contributed by atoms with Gasteiger partial charge in [0.2, 0.25) is 5.91 Å². The summed E-state index contributed by atoms with van der Waals surface area (Å²) in [6, 6.07) is 7.75. The van der Waals surface area contributed by atoms with E-state index in [1.807, 2.05) is 31.2 Å². The van der Waals surface area contributed by atoms with Gasteiger partial charge in [-0.3, -0.25) is 4.79 Å². The number of alkyl carbamates (subject to hydrolysis) is 1. The lowest BCUT2D eigenvalue weighted by Gasteiger charge is -2.60.